The van der Waals surface area contributed by atoms with Crippen LogP contribution in [-0.4, -0.2) is 29.4 Å². The molecule has 0 aliphatic rings. The third-order valence-electron chi connectivity index (χ3n) is 3.28. The number of nitrogens with one attached hydrogen (secondary N) is 1. The molecule has 2 N–H and O–H groups in total. The second-order valence-electron chi connectivity index (χ2n) is 5.68. The lowest BCUT2D eigenvalue weighted by molar-refractivity contribution is -0.215. The van der Waals surface area contributed by atoms with Crippen LogP contribution < -0.4 is 5.32 Å². The van der Waals surface area contributed by atoms with Crippen LogP contribution in [0.2, 0.25) is 0 Å². The van der Waals surface area contributed by atoms with Crippen molar-refractivity contribution in [2.24, 2.45) is 5.41 Å². The highest BCUT2D eigenvalue weighted by atomic mass is 19.4. The van der Waals surface area contributed by atoms with Gasteiger partial charge in [0.25, 0.3) is 0 Å². The molecule has 1 aromatic rings. The van der Waals surface area contributed by atoms with Crippen molar-refractivity contribution < 1.29 is 32.6 Å². The highest BCUT2D eigenvalue weighted by Crippen LogP contribution is 2.41. The van der Waals surface area contributed by atoms with Crippen LogP contribution in [-0.2, 0) is 16.1 Å². The molecule has 0 aromatic heterocycles. The molecule has 5 nitrogen and oxygen atoms in total. The Morgan fingerprint density at radius 2 is 1.78 bits per heavy atom. The van der Waals surface area contributed by atoms with Crippen LogP contribution in [0.3, 0.4) is 0 Å². The van der Waals surface area contributed by atoms with Crippen molar-refractivity contribution in [3.8, 4) is 0 Å². The molecule has 1 aromatic carbocycles. The number of carboxylic acids is 1. The molecule has 128 valence electrons. The molecule has 0 aliphatic heterocycles. The van der Waals surface area contributed by atoms with Crippen molar-refractivity contribution in [1.29, 1.82) is 0 Å². The molecular weight excluding hydrogens is 315 g/mol. The zero-order valence-corrected chi connectivity index (χ0v) is 12.7. The fraction of sp³-hybridized carbons (Fsp3) is 0.467. The van der Waals surface area contributed by atoms with E-state index in [0.29, 0.717) is 5.56 Å². The lowest BCUT2D eigenvalue weighted by atomic mass is 9.85. The van der Waals surface area contributed by atoms with E-state index in [1.54, 1.807) is 30.3 Å². The smallest absolute Gasteiger partial charge is 0.408 e. The molecule has 0 saturated heterocycles. The SMILES string of the molecule is CC(C)(CC(NC(=O)OCc1ccccc1)C(=O)O)C(F)(F)F. The van der Waals surface area contributed by atoms with Gasteiger partial charge in [0, 0.05) is 0 Å². The Labute approximate surface area is 131 Å². The Morgan fingerprint density at radius 3 is 2.26 bits per heavy atom. The van der Waals surface area contributed by atoms with Crippen LogP contribution in [0.1, 0.15) is 25.8 Å². The maximum atomic E-state index is 12.8. The quantitative estimate of drug-likeness (QED) is 0.837. The summed E-state index contributed by atoms with van der Waals surface area (Å²) in [6.07, 6.45) is -6.47. The van der Waals surface area contributed by atoms with Gasteiger partial charge in [0.1, 0.15) is 12.6 Å². The van der Waals surface area contributed by atoms with Gasteiger partial charge in [0.2, 0.25) is 0 Å². The average Bonchev–Trinajstić information content (AvgIpc) is 2.44. The Kier molecular flexibility index (Phi) is 6.00. The van der Waals surface area contributed by atoms with Crippen molar-refractivity contribution in [3.05, 3.63) is 35.9 Å². The van der Waals surface area contributed by atoms with Gasteiger partial charge in [-0.05, 0) is 12.0 Å². The summed E-state index contributed by atoms with van der Waals surface area (Å²) in [5.41, 5.74) is -1.59. The van der Waals surface area contributed by atoms with Gasteiger partial charge < -0.3 is 15.2 Å². The van der Waals surface area contributed by atoms with Crippen molar-refractivity contribution in [2.45, 2.75) is 39.1 Å². The number of rotatable bonds is 6. The fourth-order valence-corrected chi connectivity index (χ4v) is 1.73. The maximum absolute atomic E-state index is 12.8. The second kappa shape index (κ2) is 7.34. The minimum atomic E-state index is -4.59. The first-order chi connectivity index (χ1) is 10.5. The van der Waals surface area contributed by atoms with Gasteiger partial charge in [-0.3, -0.25) is 0 Å². The molecule has 0 spiro atoms. The Morgan fingerprint density at radius 1 is 1.22 bits per heavy atom. The number of benzene rings is 1. The summed E-state index contributed by atoms with van der Waals surface area (Å²) in [6, 6.07) is 6.90. The van der Waals surface area contributed by atoms with E-state index >= 15 is 0 Å². The summed E-state index contributed by atoms with van der Waals surface area (Å²) in [6.45, 7) is 1.64. The molecule has 0 aliphatic carbocycles. The van der Waals surface area contributed by atoms with E-state index in [-0.39, 0.29) is 6.61 Å². The summed E-state index contributed by atoms with van der Waals surface area (Å²) in [5.74, 6) is -1.56. The van der Waals surface area contributed by atoms with Gasteiger partial charge in [-0.15, -0.1) is 0 Å². The molecule has 1 amide bonds. The van der Waals surface area contributed by atoms with Crippen LogP contribution in [0, 0.1) is 5.41 Å². The summed E-state index contributed by atoms with van der Waals surface area (Å²) in [5, 5.41) is 11.0. The third-order valence-corrected chi connectivity index (χ3v) is 3.28. The molecule has 0 heterocycles. The number of ether oxygens (including phenoxy) is 1. The first-order valence-electron chi connectivity index (χ1n) is 6.79. The fourth-order valence-electron chi connectivity index (χ4n) is 1.73. The molecule has 1 rings (SSSR count). The van der Waals surface area contributed by atoms with E-state index < -0.39 is 36.1 Å². The van der Waals surface area contributed by atoms with Crippen LogP contribution in [0.15, 0.2) is 30.3 Å². The zero-order chi connectivity index (χ0) is 17.7. The minimum absolute atomic E-state index is 0.109. The van der Waals surface area contributed by atoms with Crippen LogP contribution in [0.5, 0.6) is 0 Å². The normalized spacial score (nSPS) is 13.3. The lowest BCUT2D eigenvalue weighted by Gasteiger charge is -2.30. The van der Waals surface area contributed by atoms with E-state index in [1.807, 2.05) is 5.32 Å². The number of amides is 1. The largest absolute Gasteiger partial charge is 0.480 e. The number of halogens is 3. The maximum Gasteiger partial charge on any atom is 0.408 e. The van der Waals surface area contributed by atoms with Crippen molar-refractivity contribution in [1.82, 2.24) is 5.32 Å². The number of carbonyl (C=O) groups excluding carboxylic acids is 1. The molecule has 0 radical (unpaired) electrons. The molecule has 0 bridgehead atoms. The molecular formula is C15H18F3NO4. The minimum Gasteiger partial charge on any atom is -0.480 e. The predicted octanol–water partition coefficient (Wildman–Crippen LogP) is 3.34. The van der Waals surface area contributed by atoms with E-state index in [1.165, 1.54) is 0 Å². The Hall–Kier alpha value is -2.25. The summed E-state index contributed by atoms with van der Waals surface area (Å²) >= 11 is 0. The standard InChI is InChI=1S/C15H18F3NO4/c1-14(2,15(16,17)18)8-11(12(20)21)19-13(22)23-9-10-6-4-3-5-7-10/h3-7,11H,8-9H2,1-2H3,(H,19,22)(H,20,21). The van der Waals surface area contributed by atoms with E-state index in [4.69, 9.17) is 9.84 Å². The number of aliphatic carboxylic acids is 1. The number of hydrogen-bond acceptors (Lipinski definition) is 3. The zero-order valence-electron chi connectivity index (χ0n) is 12.7. The number of alkyl carbamates (subject to hydrolysis) is 1. The highest BCUT2D eigenvalue weighted by molar-refractivity contribution is 5.79. The number of carbonyl (C=O) groups is 2. The van der Waals surface area contributed by atoms with E-state index in [0.717, 1.165) is 13.8 Å². The van der Waals surface area contributed by atoms with E-state index in [2.05, 4.69) is 0 Å². The summed E-state index contributed by atoms with van der Waals surface area (Å²) in [4.78, 5) is 22.7. The van der Waals surface area contributed by atoms with Gasteiger partial charge >= 0.3 is 18.2 Å². The summed E-state index contributed by atoms with van der Waals surface area (Å²) in [7, 11) is 0. The molecule has 1 atom stereocenters. The van der Waals surface area contributed by atoms with Crippen LogP contribution in [0.4, 0.5) is 18.0 Å². The highest BCUT2D eigenvalue weighted by Gasteiger charge is 2.49. The Bertz CT molecular complexity index is 543. The van der Waals surface area contributed by atoms with Gasteiger partial charge in [-0.25, -0.2) is 9.59 Å². The van der Waals surface area contributed by atoms with Crippen LogP contribution in [0.25, 0.3) is 0 Å². The van der Waals surface area contributed by atoms with Gasteiger partial charge in [-0.1, -0.05) is 44.2 Å². The topological polar surface area (TPSA) is 75.6 Å². The predicted molar refractivity (Wildman–Crippen MR) is 75.6 cm³/mol. The first-order valence-corrected chi connectivity index (χ1v) is 6.79. The van der Waals surface area contributed by atoms with Crippen LogP contribution >= 0.6 is 0 Å². The second-order valence-corrected chi connectivity index (χ2v) is 5.68. The monoisotopic (exact) mass is 333 g/mol. The lowest BCUT2D eigenvalue weighted by Crippen LogP contribution is -2.47. The number of alkyl halides is 3. The molecule has 0 saturated carbocycles. The molecule has 23 heavy (non-hydrogen) atoms. The van der Waals surface area contributed by atoms with Crippen molar-refractivity contribution >= 4 is 12.1 Å². The summed E-state index contributed by atoms with van der Waals surface area (Å²) < 4.78 is 43.3. The third kappa shape index (κ3) is 5.80. The molecule has 0 fully saturated rings. The van der Waals surface area contributed by atoms with Crippen molar-refractivity contribution in [3.63, 3.8) is 0 Å². The number of hydrogen-bond donors (Lipinski definition) is 2. The van der Waals surface area contributed by atoms with Gasteiger partial charge in [-0.2, -0.15) is 13.2 Å². The Balaban J connectivity index is 2.62. The van der Waals surface area contributed by atoms with Crippen molar-refractivity contribution in [2.75, 3.05) is 0 Å². The molecule has 1 unspecified atom stereocenters. The first kappa shape index (κ1) is 18.8. The van der Waals surface area contributed by atoms with Gasteiger partial charge in [0.05, 0.1) is 5.41 Å². The van der Waals surface area contributed by atoms with E-state index in [9.17, 15) is 22.8 Å². The molecule has 8 heteroatoms. The van der Waals surface area contributed by atoms with Gasteiger partial charge in [0.15, 0.2) is 0 Å². The number of carboxylic acid groups (broad SMARTS) is 1. The average molecular weight is 333 g/mol.